The Morgan fingerprint density at radius 1 is 1.05 bits per heavy atom. The first-order valence-corrected chi connectivity index (χ1v) is 13.3. The van der Waals surface area contributed by atoms with Crippen LogP contribution in [0.5, 0.6) is 0 Å². The van der Waals surface area contributed by atoms with E-state index >= 15 is 0 Å². The number of aliphatic carboxylic acids is 1. The van der Waals surface area contributed by atoms with E-state index in [1.165, 1.54) is 12.1 Å². The number of halogens is 2. The highest BCUT2D eigenvalue weighted by Crippen LogP contribution is 2.46. The van der Waals surface area contributed by atoms with Crippen LogP contribution in [0.2, 0.25) is 5.02 Å². The van der Waals surface area contributed by atoms with Gasteiger partial charge in [-0.25, -0.2) is 14.4 Å². The summed E-state index contributed by atoms with van der Waals surface area (Å²) in [6.07, 6.45) is 5.70. The molecule has 3 fully saturated rings. The minimum Gasteiger partial charge on any atom is -0.481 e. The minimum absolute atomic E-state index is 0.184. The zero-order valence-electron chi connectivity index (χ0n) is 20.8. The Balaban J connectivity index is 0.00000137. The monoisotopic (exact) mass is 520 g/mol. The molecule has 2 atom stereocenters. The fraction of sp³-hybridized carbons (Fsp3) is 0.345. The summed E-state index contributed by atoms with van der Waals surface area (Å²) in [5, 5.41) is 14.3. The van der Waals surface area contributed by atoms with Gasteiger partial charge in [0.1, 0.15) is 11.6 Å². The summed E-state index contributed by atoms with van der Waals surface area (Å²) in [6, 6.07) is 14.1. The molecule has 2 aromatic heterocycles. The van der Waals surface area contributed by atoms with E-state index in [1.807, 2.05) is 50.2 Å². The molecule has 3 N–H and O–H groups in total. The van der Waals surface area contributed by atoms with Gasteiger partial charge in [0, 0.05) is 34.8 Å². The average molecular weight is 521 g/mol. The number of fused-ring (bicyclic) bond motifs is 4. The zero-order valence-corrected chi connectivity index (χ0v) is 21.6. The Bertz CT molecular complexity index is 1420. The second kappa shape index (κ2) is 10.5. The van der Waals surface area contributed by atoms with Gasteiger partial charge in [-0.15, -0.1) is 0 Å². The molecule has 2 aromatic carbocycles. The third-order valence-corrected chi connectivity index (χ3v) is 7.86. The highest BCUT2D eigenvalue weighted by atomic mass is 35.5. The van der Waals surface area contributed by atoms with E-state index in [0.717, 1.165) is 31.2 Å². The summed E-state index contributed by atoms with van der Waals surface area (Å²) in [5.74, 6) is -0.185. The maximum atomic E-state index is 14.2. The largest absolute Gasteiger partial charge is 0.481 e. The number of carboxylic acid groups (broad SMARTS) is 1. The number of anilines is 1. The Hall–Kier alpha value is -3.45. The lowest BCUT2D eigenvalue weighted by molar-refractivity contribution is -0.148. The van der Waals surface area contributed by atoms with Gasteiger partial charge < -0.3 is 15.4 Å². The Morgan fingerprint density at radius 3 is 2.46 bits per heavy atom. The molecule has 3 saturated carbocycles. The summed E-state index contributed by atoms with van der Waals surface area (Å²) in [7, 11) is 0. The highest BCUT2D eigenvalue weighted by molar-refractivity contribution is 6.35. The van der Waals surface area contributed by atoms with Crippen molar-refractivity contribution in [1.29, 1.82) is 0 Å². The van der Waals surface area contributed by atoms with Gasteiger partial charge in [0.15, 0.2) is 5.82 Å². The number of nitrogens with zero attached hydrogens (tertiary/aromatic N) is 2. The van der Waals surface area contributed by atoms with Gasteiger partial charge in [-0.3, -0.25) is 4.79 Å². The lowest BCUT2D eigenvalue weighted by atomic mass is 9.61. The number of nitrogens with one attached hydrogen (secondary N) is 2. The predicted molar refractivity (Wildman–Crippen MR) is 145 cm³/mol. The second-order valence-corrected chi connectivity index (χ2v) is 9.96. The van der Waals surface area contributed by atoms with E-state index in [4.69, 9.17) is 21.6 Å². The molecule has 192 valence electrons. The molecule has 2 heterocycles. The van der Waals surface area contributed by atoms with Crippen LogP contribution in [0.4, 0.5) is 10.2 Å². The van der Waals surface area contributed by atoms with Gasteiger partial charge in [-0.2, -0.15) is 0 Å². The number of aromatic nitrogens is 3. The fourth-order valence-electron chi connectivity index (χ4n) is 5.92. The molecule has 2 unspecified atom stereocenters. The van der Waals surface area contributed by atoms with Crippen molar-refractivity contribution in [2.75, 3.05) is 5.32 Å². The third-order valence-electron chi connectivity index (χ3n) is 7.56. The van der Waals surface area contributed by atoms with Gasteiger partial charge in [0.2, 0.25) is 0 Å². The van der Waals surface area contributed by atoms with Crippen LogP contribution in [0.25, 0.3) is 33.5 Å². The summed E-state index contributed by atoms with van der Waals surface area (Å²) in [6.45, 7) is 4.00. The van der Waals surface area contributed by atoms with Crippen LogP contribution in [0, 0.1) is 23.6 Å². The lowest BCUT2D eigenvalue weighted by Gasteiger charge is -2.47. The van der Waals surface area contributed by atoms with Crippen LogP contribution >= 0.6 is 11.6 Å². The Morgan fingerprint density at radius 2 is 1.76 bits per heavy atom. The number of carboxylic acids is 1. The van der Waals surface area contributed by atoms with Crippen molar-refractivity contribution < 1.29 is 14.3 Å². The van der Waals surface area contributed by atoms with Crippen LogP contribution in [0.15, 0.2) is 54.7 Å². The molecule has 0 radical (unpaired) electrons. The van der Waals surface area contributed by atoms with Crippen molar-refractivity contribution in [2.24, 2.45) is 17.8 Å². The summed E-state index contributed by atoms with van der Waals surface area (Å²) in [4.78, 5) is 24.9. The maximum absolute atomic E-state index is 14.2. The van der Waals surface area contributed by atoms with Crippen LogP contribution < -0.4 is 5.32 Å². The van der Waals surface area contributed by atoms with Gasteiger partial charge in [0.25, 0.3) is 0 Å². The van der Waals surface area contributed by atoms with Gasteiger partial charge in [-0.1, -0.05) is 55.8 Å². The topological polar surface area (TPSA) is 90.9 Å². The first-order valence-electron chi connectivity index (χ1n) is 12.9. The molecule has 37 heavy (non-hydrogen) atoms. The van der Waals surface area contributed by atoms with Gasteiger partial charge in [-0.05, 0) is 49.7 Å². The highest BCUT2D eigenvalue weighted by Gasteiger charge is 2.47. The molecule has 7 rings (SSSR count). The molecule has 3 aliphatic rings. The number of H-pyrrole nitrogens is 1. The molecular formula is C29H30ClFN4O2. The summed E-state index contributed by atoms with van der Waals surface area (Å²) in [5.41, 5.74) is 2.84. The van der Waals surface area contributed by atoms with Crippen LogP contribution in [0.3, 0.4) is 0 Å². The Labute approximate surface area is 220 Å². The maximum Gasteiger partial charge on any atom is 0.308 e. The minimum atomic E-state index is -0.754. The number of aromatic amines is 1. The Kier molecular flexibility index (Phi) is 7.15. The van der Waals surface area contributed by atoms with Crippen molar-refractivity contribution in [3.63, 3.8) is 0 Å². The molecule has 8 heteroatoms. The van der Waals surface area contributed by atoms with E-state index in [2.05, 4.69) is 10.3 Å². The van der Waals surface area contributed by atoms with Gasteiger partial charge >= 0.3 is 5.97 Å². The lowest BCUT2D eigenvalue weighted by Crippen LogP contribution is -2.51. The van der Waals surface area contributed by atoms with Crippen molar-refractivity contribution in [3.8, 4) is 22.6 Å². The summed E-state index contributed by atoms with van der Waals surface area (Å²) >= 11 is 6.25. The molecule has 0 amide bonds. The van der Waals surface area contributed by atoms with Crippen LogP contribution in [-0.4, -0.2) is 32.1 Å². The molecule has 6 nitrogen and oxygen atoms in total. The number of hydrogen-bond acceptors (Lipinski definition) is 4. The van der Waals surface area contributed by atoms with Crippen molar-refractivity contribution in [3.05, 3.63) is 65.6 Å². The van der Waals surface area contributed by atoms with Crippen molar-refractivity contribution in [1.82, 2.24) is 15.0 Å². The molecule has 0 saturated heterocycles. The molecule has 2 bridgehead atoms. The van der Waals surface area contributed by atoms with E-state index < -0.39 is 17.7 Å². The third kappa shape index (κ3) is 4.80. The first-order chi connectivity index (χ1) is 18.0. The second-order valence-electron chi connectivity index (χ2n) is 9.55. The van der Waals surface area contributed by atoms with E-state index in [0.29, 0.717) is 39.7 Å². The van der Waals surface area contributed by atoms with Gasteiger partial charge in [0.05, 0.1) is 22.2 Å². The average Bonchev–Trinajstić information content (AvgIpc) is 3.35. The van der Waals surface area contributed by atoms with Crippen molar-refractivity contribution >= 4 is 34.3 Å². The smallest absolute Gasteiger partial charge is 0.308 e. The number of benzene rings is 2. The normalized spacial score (nSPS) is 22.4. The number of hydrogen-bond donors (Lipinski definition) is 3. The number of rotatable bonds is 5. The van der Waals surface area contributed by atoms with Crippen molar-refractivity contribution in [2.45, 2.75) is 45.6 Å². The molecular weight excluding hydrogens is 491 g/mol. The van der Waals surface area contributed by atoms with E-state index in [1.54, 1.807) is 6.20 Å². The van der Waals surface area contributed by atoms with E-state index in [-0.39, 0.29) is 17.0 Å². The zero-order chi connectivity index (χ0) is 26.1. The van der Waals surface area contributed by atoms with E-state index in [9.17, 15) is 14.3 Å². The SMILES string of the molecule is CC.O=C(O)C1C2CCC(CC2)C1Nc1cc(-c2ccccc2)nc(-c2c[nH]c3c(Cl)cc(F)cc23)n1. The quantitative estimate of drug-likeness (QED) is 0.255. The number of carbonyl (C=O) groups is 1. The van der Waals surface area contributed by atoms with Crippen LogP contribution in [0.1, 0.15) is 39.5 Å². The first kappa shape index (κ1) is 25.2. The molecule has 0 aliphatic heterocycles. The van der Waals surface area contributed by atoms with Crippen LogP contribution in [-0.2, 0) is 4.79 Å². The fourth-order valence-corrected chi connectivity index (χ4v) is 6.18. The molecule has 3 aliphatic carbocycles. The predicted octanol–water partition coefficient (Wildman–Crippen LogP) is 7.41. The molecule has 0 spiro atoms. The standard InChI is InChI=1S/C27H24ClFN4O2.C2H6/c28-20-11-17(29)10-18-19(13-30-25(18)20)26-31-21(14-4-2-1-3-5-14)12-22(33-26)32-24-16-8-6-15(7-9-16)23(24)27(34)35;1-2/h1-5,10-13,15-16,23-24,30H,6-9H2,(H,34,35)(H,31,32,33);1-2H3. The molecule has 4 aromatic rings. The summed E-state index contributed by atoms with van der Waals surface area (Å²) < 4.78 is 14.2.